The molecule has 3 aliphatic rings. The Labute approximate surface area is 149 Å². The van der Waals surface area contributed by atoms with Gasteiger partial charge >= 0.3 is 6.03 Å². The molecule has 2 fully saturated rings. The van der Waals surface area contributed by atoms with Gasteiger partial charge in [0.2, 0.25) is 5.91 Å². The summed E-state index contributed by atoms with van der Waals surface area (Å²) >= 11 is 0. The topological polar surface area (TPSA) is 66.6 Å². The Kier molecular flexibility index (Phi) is 4.18. The summed E-state index contributed by atoms with van der Waals surface area (Å²) in [4.78, 5) is 27.9. The van der Waals surface area contributed by atoms with Gasteiger partial charge in [-0.2, -0.15) is 0 Å². The lowest BCUT2D eigenvalue weighted by molar-refractivity contribution is -0.130. The number of fused-ring (bicyclic) bond motifs is 2. The quantitative estimate of drug-likeness (QED) is 0.898. The highest BCUT2D eigenvalue weighted by molar-refractivity contribution is 5.78. The van der Waals surface area contributed by atoms with Gasteiger partial charge < -0.3 is 15.5 Å². The van der Waals surface area contributed by atoms with Crippen LogP contribution in [0.3, 0.4) is 0 Å². The van der Waals surface area contributed by atoms with Gasteiger partial charge in [0, 0.05) is 32.6 Å². The van der Waals surface area contributed by atoms with Crippen LogP contribution in [-0.2, 0) is 10.2 Å². The van der Waals surface area contributed by atoms with E-state index in [1.165, 1.54) is 11.1 Å². The number of benzene rings is 1. The number of hydrogen-bond donors (Lipinski definition) is 1. The van der Waals surface area contributed by atoms with Crippen LogP contribution >= 0.6 is 0 Å². The van der Waals surface area contributed by atoms with Crippen LogP contribution in [0.5, 0.6) is 0 Å². The molecule has 3 amide bonds. The van der Waals surface area contributed by atoms with Crippen LogP contribution in [0.4, 0.5) is 4.79 Å². The summed E-state index contributed by atoms with van der Waals surface area (Å²) in [5.41, 5.74) is 8.31. The highest BCUT2D eigenvalue weighted by Crippen LogP contribution is 2.52. The first-order chi connectivity index (χ1) is 12.1. The fourth-order valence-corrected chi connectivity index (χ4v) is 5.14. The standard InChI is InChI=1S/C20H27N3O2/c21-19(25)23-11-7-20(8-12-23)14-15(16-5-1-2-6-17(16)20)13-18(24)22-9-3-4-10-22/h1-2,5-6,15H,3-4,7-14H2,(H2,21,25)/t15-/m1/s1. The van der Waals surface area contributed by atoms with E-state index in [0.29, 0.717) is 18.2 Å². The van der Waals surface area contributed by atoms with Crippen molar-refractivity contribution in [3.05, 3.63) is 35.4 Å². The summed E-state index contributed by atoms with van der Waals surface area (Å²) in [6, 6.07) is 8.30. The van der Waals surface area contributed by atoms with Crippen molar-refractivity contribution in [1.82, 2.24) is 9.80 Å². The molecule has 134 valence electrons. The highest BCUT2D eigenvalue weighted by Gasteiger charge is 2.46. The summed E-state index contributed by atoms with van der Waals surface area (Å²) < 4.78 is 0. The number of primary amides is 1. The zero-order valence-corrected chi connectivity index (χ0v) is 14.7. The zero-order chi connectivity index (χ0) is 17.4. The number of carbonyl (C=O) groups excluding carboxylic acids is 2. The minimum Gasteiger partial charge on any atom is -0.351 e. The maximum atomic E-state index is 12.7. The Morgan fingerprint density at radius 1 is 1.04 bits per heavy atom. The summed E-state index contributed by atoms with van der Waals surface area (Å²) in [6.45, 7) is 3.28. The number of hydrogen-bond acceptors (Lipinski definition) is 2. The molecule has 2 N–H and O–H groups in total. The van der Waals surface area contributed by atoms with E-state index < -0.39 is 0 Å². The van der Waals surface area contributed by atoms with Gasteiger partial charge in [-0.05, 0) is 54.6 Å². The first-order valence-electron chi connectivity index (χ1n) is 9.51. The molecule has 0 saturated carbocycles. The van der Waals surface area contributed by atoms with Gasteiger partial charge in [0.05, 0.1) is 0 Å². The minimum atomic E-state index is -0.318. The molecule has 0 bridgehead atoms. The number of nitrogens with zero attached hydrogens (tertiary/aromatic N) is 2. The predicted octanol–water partition coefficient (Wildman–Crippen LogP) is 2.60. The molecule has 2 heterocycles. The summed E-state index contributed by atoms with van der Waals surface area (Å²) in [7, 11) is 0. The van der Waals surface area contributed by atoms with Crippen LogP contribution in [0, 0.1) is 0 Å². The van der Waals surface area contributed by atoms with Gasteiger partial charge in [0.1, 0.15) is 0 Å². The van der Waals surface area contributed by atoms with Crippen molar-refractivity contribution in [2.45, 2.75) is 49.9 Å². The van der Waals surface area contributed by atoms with E-state index >= 15 is 0 Å². The Hall–Kier alpha value is -2.04. The normalized spacial score (nSPS) is 24.6. The van der Waals surface area contributed by atoms with Crippen molar-refractivity contribution in [2.24, 2.45) is 5.73 Å². The second-order valence-corrected chi connectivity index (χ2v) is 7.89. The maximum absolute atomic E-state index is 12.7. The second-order valence-electron chi connectivity index (χ2n) is 7.89. The average Bonchev–Trinajstić information content (AvgIpc) is 3.24. The van der Waals surface area contributed by atoms with Crippen LogP contribution in [-0.4, -0.2) is 47.9 Å². The molecule has 1 aromatic rings. The SMILES string of the molecule is NC(=O)N1CCC2(CC1)C[C@@H](CC(=O)N1CCCC1)c1ccccc12. The smallest absolute Gasteiger partial charge is 0.314 e. The van der Waals surface area contributed by atoms with Crippen molar-refractivity contribution >= 4 is 11.9 Å². The van der Waals surface area contributed by atoms with Crippen molar-refractivity contribution in [1.29, 1.82) is 0 Å². The molecule has 5 nitrogen and oxygen atoms in total. The van der Waals surface area contributed by atoms with Crippen LogP contribution in [0.25, 0.3) is 0 Å². The van der Waals surface area contributed by atoms with Crippen molar-refractivity contribution in [2.75, 3.05) is 26.2 Å². The van der Waals surface area contributed by atoms with Gasteiger partial charge in [-0.1, -0.05) is 24.3 Å². The van der Waals surface area contributed by atoms with Crippen molar-refractivity contribution in [3.8, 4) is 0 Å². The number of piperidine rings is 1. The van der Waals surface area contributed by atoms with Crippen LogP contribution in [0.15, 0.2) is 24.3 Å². The molecular formula is C20H27N3O2. The number of urea groups is 1. The van der Waals surface area contributed by atoms with Crippen LogP contribution in [0.1, 0.15) is 55.6 Å². The number of carbonyl (C=O) groups is 2. The molecule has 2 saturated heterocycles. The van der Waals surface area contributed by atoms with Gasteiger partial charge in [0.25, 0.3) is 0 Å². The molecule has 1 aromatic carbocycles. The third-order valence-corrected chi connectivity index (χ3v) is 6.52. The van der Waals surface area contributed by atoms with E-state index in [1.54, 1.807) is 4.90 Å². The lowest BCUT2D eigenvalue weighted by Crippen LogP contribution is -2.46. The number of likely N-dealkylation sites (tertiary alicyclic amines) is 2. The third kappa shape index (κ3) is 2.90. The molecule has 1 atom stereocenters. The number of amides is 3. The first-order valence-corrected chi connectivity index (χ1v) is 9.51. The molecule has 4 rings (SSSR count). The van der Waals surface area contributed by atoms with Gasteiger partial charge in [-0.15, -0.1) is 0 Å². The number of rotatable bonds is 2. The van der Waals surface area contributed by atoms with E-state index in [4.69, 9.17) is 5.73 Å². The second kappa shape index (κ2) is 6.36. The third-order valence-electron chi connectivity index (χ3n) is 6.52. The minimum absolute atomic E-state index is 0.110. The lowest BCUT2D eigenvalue weighted by Gasteiger charge is -2.39. The fourth-order valence-electron chi connectivity index (χ4n) is 5.14. The first kappa shape index (κ1) is 16.4. The molecule has 0 radical (unpaired) electrons. The average molecular weight is 341 g/mol. The zero-order valence-electron chi connectivity index (χ0n) is 14.7. The molecular weight excluding hydrogens is 314 g/mol. The van der Waals surface area contributed by atoms with Crippen LogP contribution in [0.2, 0.25) is 0 Å². The summed E-state index contributed by atoms with van der Waals surface area (Å²) in [5.74, 6) is 0.619. The molecule has 0 aromatic heterocycles. The fraction of sp³-hybridized carbons (Fsp3) is 0.600. The van der Waals surface area contributed by atoms with E-state index in [-0.39, 0.29) is 11.4 Å². The van der Waals surface area contributed by atoms with Gasteiger partial charge in [-0.3, -0.25) is 4.79 Å². The molecule has 5 heteroatoms. The van der Waals surface area contributed by atoms with Crippen LogP contribution < -0.4 is 5.73 Å². The Morgan fingerprint density at radius 2 is 1.72 bits per heavy atom. The van der Waals surface area contributed by atoms with Crippen molar-refractivity contribution in [3.63, 3.8) is 0 Å². The summed E-state index contributed by atoms with van der Waals surface area (Å²) in [5, 5.41) is 0. The van der Waals surface area contributed by atoms with E-state index in [9.17, 15) is 9.59 Å². The van der Waals surface area contributed by atoms with Gasteiger partial charge in [-0.25, -0.2) is 4.79 Å². The Bertz CT molecular complexity index is 673. The monoisotopic (exact) mass is 341 g/mol. The Morgan fingerprint density at radius 3 is 2.40 bits per heavy atom. The van der Waals surface area contributed by atoms with E-state index in [2.05, 4.69) is 24.3 Å². The molecule has 1 aliphatic carbocycles. The lowest BCUT2D eigenvalue weighted by atomic mass is 9.73. The maximum Gasteiger partial charge on any atom is 0.314 e. The Balaban J connectivity index is 1.54. The predicted molar refractivity (Wildman–Crippen MR) is 96.3 cm³/mol. The molecule has 2 aliphatic heterocycles. The van der Waals surface area contributed by atoms with Gasteiger partial charge in [0.15, 0.2) is 0 Å². The largest absolute Gasteiger partial charge is 0.351 e. The molecule has 25 heavy (non-hydrogen) atoms. The van der Waals surface area contributed by atoms with E-state index in [1.807, 2.05) is 4.90 Å². The van der Waals surface area contributed by atoms with Crippen molar-refractivity contribution < 1.29 is 9.59 Å². The van der Waals surface area contributed by atoms with E-state index in [0.717, 1.165) is 58.3 Å². The summed E-state index contributed by atoms with van der Waals surface area (Å²) in [6.07, 6.45) is 5.82. The molecule has 0 unspecified atom stereocenters. The highest BCUT2D eigenvalue weighted by atomic mass is 16.2. The molecule has 1 spiro atoms. The number of nitrogens with two attached hydrogens (primary N) is 1.